The molecule has 0 aliphatic heterocycles. The van der Waals surface area contributed by atoms with Crippen LogP contribution >= 0.6 is 0 Å². The van der Waals surface area contributed by atoms with Crippen LogP contribution in [0.2, 0.25) is 0 Å². The molecule has 14 heavy (non-hydrogen) atoms. The summed E-state index contributed by atoms with van der Waals surface area (Å²) in [5.41, 5.74) is 3.92. The lowest BCUT2D eigenvalue weighted by Gasteiger charge is -2.09. The zero-order valence-corrected chi connectivity index (χ0v) is 9.18. The lowest BCUT2D eigenvalue weighted by molar-refractivity contribution is 0.0525. The van der Waals surface area contributed by atoms with E-state index in [1.165, 1.54) is 0 Å². The molecule has 2 heteroatoms. The molecule has 0 aliphatic rings. The van der Waals surface area contributed by atoms with Crippen molar-refractivity contribution >= 4 is 5.97 Å². The van der Waals surface area contributed by atoms with Crippen LogP contribution in [0, 0.1) is 20.8 Å². The molecule has 0 bridgehead atoms. The van der Waals surface area contributed by atoms with Crippen LogP contribution in [0.15, 0.2) is 12.1 Å². The van der Waals surface area contributed by atoms with E-state index in [1.807, 2.05) is 33.8 Å². The van der Waals surface area contributed by atoms with Gasteiger partial charge in [-0.1, -0.05) is 6.07 Å². The fourth-order valence-corrected chi connectivity index (χ4v) is 1.46. The largest absolute Gasteiger partial charge is 0.462 e. The molecule has 0 radical (unpaired) electrons. The highest BCUT2D eigenvalue weighted by molar-refractivity contribution is 5.91. The summed E-state index contributed by atoms with van der Waals surface area (Å²) >= 11 is 0. The maximum Gasteiger partial charge on any atom is 0.338 e. The Hall–Kier alpha value is -1.31. The van der Waals surface area contributed by atoms with E-state index in [0.29, 0.717) is 12.2 Å². The monoisotopic (exact) mass is 192 g/mol. The van der Waals surface area contributed by atoms with Crippen molar-refractivity contribution in [1.29, 1.82) is 0 Å². The van der Waals surface area contributed by atoms with Crippen LogP contribution in [0.4, 0.5) is 0 Å². The van der Waals surface area contributed by atoms with Crippen molar-refractivity contribution in [2.75, 3.05) is 6.61 Å². The van der Waals surface area contributed by atoms with E-state index in [9.17, 15) is 4.79 Å². The average Bonchev–Trinajstić information content (AvgIpc) is 2.11. The van der Waals surface area contributed by atoms with Gasteiger partial charge in [-0.15, -0.1) is 0 Å². The molecule has 0 saturated heterocycles. The average molecular weight is 192 g/mol. The van der Waals surface area contributed by atoms with Gasteiger partial charge in [-0.25, -0.2) is 4.79 Å². The molecule has 2 nitrogen and oxygen atoms in total. The van der Waals surface area contributed by atoms with E-state index in [4.69, 9.17) is 4.74 Å². The first-order valence-corrected chi connectivity index (χ1v) is 4.81. The predicted octanol–water partition coefficient (Wildman–Crippen LogP) is 2.79. The Morgan fingerprint density at radius 3 is 2.50 bits per heavy atom. The lowest BCUT2D eigenvalue weighted by atomic mass is 10.0. The number of ether oxygens (including phenoxy) is 1. The topological polar surface area (TPSA) is 26.3 Å². The maximum absolute atomic E-state index is 11.5. The summed E-state index contributed by atoms with van der Waals surface area (Å²) in [6.07, 6.45) is 0. The second-order valence-electron chi connectivity index (χ2n) is 3.47. The lowest BCUT2D eigenvalue weighted by Crippen LogP contribution is -2.08. The van der Waals surface area contributed by atoms with Gasteiger partial charge in [0.05, 0.1) is 12.2 Å². The summed E-state index contributed by atoms with van der Waals surface area (Å²) in [5, 5.41) is 0. The van der Waals surface area contributed by atoms with E-state index in [0.717, 1.165) is 16.7 Å². The van der Waals surface area contributed by atoms with Gasteiger partial charge in [0, 0.05) is 0 Å². The summed E-state index contributed by atoms with van der Waals surface area (Å²) in [6, 6.07) is 3.94. The van der Waals surface area contributed by atoms with Gasteiger partial charge in [-0.05, 0) is 50.5 Å². The highest BCUT2D eigenvalue weighted by Gasteiger charge is 2.11. The molecule has 0 aliphatic carbocycles. The Labute approximate surface area is 84.9 Å². The standard InChI is InChI=1S/C12H16O2/c1-5-14-12(13)11-7-8(2)6-9(3)10(11)4/h6-7H,5H2,1-4H3. The molecule has 0 atom stereocenters. The van der Waals surface area contributed by atoms with Crippen LogP contribution < -0.4 is 0 Å². The van der Waals surface area contributed by atoms with E-state index in [2.05, 4.69) is 6.07 Å². The van der Waals surface area contributed by atoms with Gasteiger partial charge in [0.1, 0.15) is 0 Å². The molecule has 0 amide bonds. The minimum atomic E-state index is -0.225. The molecule has 0 unspecified atom stereocenters. The van der Waals surface area contributed by atoms with Crippen LogP contribution in [-0.2, 0) is 4.74 Å². The molecule has 1 aromatic rings. The number of carbonyl (C=O) groups is 1. The molecule has 1 aromatic carbocycles. The van der Waals surface area contributed by atoms with Crippen molar-refractivity contribution in [3.05, 3.63) is 34.4 Å². The Kier molecular flexibility index (Phi) is 3.28. The number of carbonyl (C=O) groups excluding carboxylic acids is 1. The molecule has 1 rings (SSSR count). The third kappa shape index (κ3) is 2.13. The van der Waals surface area contributed by atoms with E-state index >= 15 is 0 Å². The second-order valence-corrected chi connectivity index (χ2v) is 3.47. The Morgan fingerprint density at radius 1 is 1.29 bits per heavy atom. The van der Waals surface area contributed by atoms with Gasteiger partial charge in [0.15, 0.2) is 0 Å². The van der Waals surface area contributed by atoms with E-state index in [-0.39, 0.29) is 5.97 Å². The highest BCUT2D eigenvalue weighted by atomic mass is 16.5. The van der Waals surface area contributed by atoms with Gasteiger partial charge in [0.25, 0.3) is 0 Å². The number of esters is 1. The summed E-state index contributed by atoms with van der Waals surface area (Å²) in [6.45, 7) is 8.17. The molecule has 0 heterocycles. The summed E-state index contributed by atoms with van der Waals surface area (Å²) in [5.74, 6) is -0.225. The smallest absolute Gasteiger partial charge is 0.338 e. The van der Waals surface area contributed by atoms with Gasteiger partial charge < -0.3 is 4.74 Å². The number of aryl methyl sites for hydroxylation is 2. The van der Waals surface area contributed by atoms with Crippen LogP contribution in [0.5, 0.6) is 0 Å². The molecule has 0 spiro atoms. The Morgan fingerprint density at radius 2 is 1.93 bits per heavy atom. The first-order chi connectivity index (χ1) is 6.56. The number of hydrogen-bond donors (Lipinski definition) is 0. The number of rotatable bonds is 2. The normalized spacial score (nSPS) is 10.0. The molecule has 0 N–H and O–H groups in total. The molecule has 0 fully saturated rings. The van der Waals surface area contributed by atoms with Crippen molar-refractivity contribution < 1.29 is 9.53 Å². The van der Waals surface area contributed by atoms with Crippen molar-refractivity contribution in [3.63, 3.8) is 0 Å². The van der Waals surface area contributed by atoms with Crippen LogP contribution in [0.3, 0.4) is 0 Å². The van der Waals surface area contributed by atoms with Crippen LogP contribution in [0.1, 0.15) is 34.0 Å². The third-order valence-electron chi connectivity index (χ3n) is 2.31. The minimum absolute atomic E-state index is 0.225. The number of hydrogen-bond acceptors (Lipinski definition) is 2. The highest BCUT2D eigenvalue weighted by Crippen LogP contribution is 2.16. The van der Waals surface area contributed by atoms with Crippen molar-refractivity contribution in [3.8, 4) is 0 Å². The van der Waals surface area contributed by atoms with Gasteiger partial charge in [-0.2, -0.15) is 0 Å². The number of benzene rings is 1. The summed E-state index contributed by atoms with van der Waals surface area (Å²) < 4.78 is 4.98. The quantitative estimate of drug-likeness (QED) is 0.673. The van der Waals surface area contributed by atoms with Gasteiger partial charge in [0.2, 0.25) is 0 Å². The zero-order valence-electron chi connectivity index (χ0n) is 9.18. The Balaban J connectivity index is 3.13. The molecule has 0 aromatic heterocycles. The van der Waals surface area contributed by atoms with Gasteiger partial charge in [-0.3, -0.25) is 0 Å². The van der Waals surface area contributed by atoms with Crippen LogP contribution in [-0.4, -0.2) is 12.6 Å². The molecule has 76 valence electrons. The van der Waals surface area contributed by atoms with Crippen molar-refractivity contribution in [2.24, 2.45) is 0 Å². The summed E-state index contributed by atoms with van der Waals surface area (Å²) in [7, 11) is 0. The Bertz CT molecular complexity index is 354. The first-order valence-electron chi connectivity index (χ1n) is 4.81. The van der Waals surface area contributed by atoms with E-state index < -0.39 is 0 Å². The second kappa shape index (κ2) is 4.27. The van der Waals surface area contributed by atoms with Crippen LogP contribution in [0.25, 0.3) is 0 Å². The molecular weight excluding hydrogens is 176 g/mol. The predicted molar refractivity (Wildman–Crippen MR) is 56.6 cm³/mol. The fraction of sp³-hybridized carbons (Fsp3) is 0.417. The fourth-order valence-electron chi connectivity index (χ4n) is 1.46. The third-order valence-corrected chi connectivity index (χ3v) is 2.31. The van der Waals surface area contributed by atoms with E-state index in [1.54, 1.807) is 0 Å². The minimum Gasteiger partial charge on any atom is -0.462 e. The SMILES string of the molecule is CCOC(=O)c1cc(C)cc(C)c1C. The summed E-state index contributed by atoms with van der Waals surface area (Å²) in [4.78, 5) is 11.5. The van der Waals surface area contributed by atoms with Crippen molar-refractivity contribution in [2.45, 2.75) is 27.7 Å². The molecular formula is C12H16O2. The maximum atomic E-state index is 11.5. The van der Waals surface area contributed by atoms with Gasteiger partial charge >= 0.3 is 5.97 Å². The van der Waals surface area contributed by atoms with Crippen molar-refractivity contribution in [1.82, 2.24) is 0 Å². The zero-order chi connectivity index (χ0) is 10.7. The molecule has 0 saturated carbocycles. The first kappa shape index (κ1) is 10.8.